The smallest absolute Gasteiger partial charge is 0.306 e. The largest absolute Gasteiger partial charge is 0.494 e. The van der Waals surface area contributed by atoms with Crippen LogP contribution in [0.1, 0.15) is 54.5 Å². The number of hydrogen-bond donors (Lipinski definition) is 3. The lowest BCUT2D eigenvalue weighted by molar-refractivity contribution is -0.147. The van der Waals surface area contributed by atoms with Gasteiger partial charge in [0.1, 0.15) is 18.1 Å². The molecule has 8 nitrogen and oxygen atoms in total. The lowest BCUT2D eigenvalue weighted by Gasteiger charge is -2.45. The highest BCUT2D eigenvalue weighted by atomic mass is 16.5. The average Bonchev–Trinajstić information content (AvgIpc) is 3.45. The molecule has 2 aromatic carbocycles. The number of carbonyl (C=O) groups is 1. The second-order valence-corrected chi connectivity index (χ2v) is 10.4. The van der Waals surface area contributed by atoms with E-state index in [9.17, 15) is 20.1 Å². The number of aryl methyl sites for hydroxylation is 1. The highest BCUT2D eigenvalue weighted by Gasteiger charge is 2.40. The molecule has 1 aliphatic heterocycles. The molecule has 3 N–H and O–H groups in total. The Morgan fingerprint density at radius 3 is 2.58 bits per heavy atom. The Kier molecular flexibility index (Phi) is 7.51. The van der Waals surface area contributed by atoms with Crippen LogP contribution in [-0.2, 0) is 24.3 Å². The van der Waals surface area contributed by atoms with Gasteiger partial charge in [0.05, 0.1) is 19.1 Å². The van der Waals surface area contributed by atoms with Crippen LogP contribution in [0.25, 0.3) is 0 Å². The summed E-state index contributed by atoms with van der Waals surface area (Å²) in [5, 5.41) is 29.1. The molecule has 0 spiro atoms. The normalized spacial score (nSPS) is 19.0. The fraction of sp³-hybridized carbons (Fsp3) is 0.433. The number of rotatable bonds is 11. The second kappa shape index (κ2) is 11.0. The molecule has 0 amide bonds. The number of fused-ring (bicyclic) bond motifs is 1. The molecule has 0 radical (unpaired) electrons. The molecule has 8 heteroatoms. The highest BCUT2D eigenvalue weighted by Crippen LogP contribution is 2.40. The maximum absolute atomic E-state index is 11.6. The van der Waals surface area contributed by atoms with E-state index in [1.54, 1.807) is 0 Å². The van der Waals surface area contributed by atoms with E-state index in [0.717, 1.165) is 48.6 Å². The zero-order chi connectivity index (χ0) is 26.8. The Bertz CT molecular complexity index is 1280. The number of benzene rings is 2. The van der Waals surface area contributed by atoms with Crippen LogP contribution in [0.3, 0.4) is 0 Å². The summed E-state index contributed by atoms with van der Waals surface area (Å²) in [5.74, 6) is 0.749. The number of carboxylic acid groups (broad SMARTS) is 1. The fourth-order valence-corrected chi connectivity index (χ4v) is 5.73. The van der Waals surface area contributed by atoms with Gasteiger partial charge < -0.3 is 24.8 Å². The molecule has 1 aliphatic carbocycles. The second-order valence-electron chi connectivity index (χ2n) is 10.4. The zero-order valence-corrected chi connectivity index (χ0v) is 22.0. The van der Waals surface area contributed by atoms with Crippen LogP contribution in [0.5, 0.6) is 23.3 Å². The Morgan fingerprint density at radius 1 is 1.13 bits per heavy atom. The van der Waals surface area contributed by atoms with Crippen molar-refractivity contribution in [1.82, 2.24) is 9.47 Å². The van der Waals surface area contributed by atoms with Crippen molar-refractivity contribution in [3.63, 3.8) is 0 Å². The van der Waals surface area contributed by atoms with E-state index in [1.165, 1.54) is 27.8 Å². The van der Waals surface area contributed by atoms with Crippen molar-refractivity contribution in [3.8, 4) is 23.3 Å². The van der Waals surface area contributed by atoms with Crippen molar-refractivity contribution in [2.24, 2.45) is 5.92 Å². The molecule has 1 atom stereocenters. The first-order valence-electron chi connectivity index (χ1n) is 13.4. The van der Waals surface area contributed by atoms with Gasteiger partial charge in [0.2, 0.25) is 0 Å². The molecule has 38 heavy (non-hydrogen) atoms. The number of nitrogens with zero attached hydrogens (tertiary/aromatic N) is 2. The standard InChI is InChI=1S/C30H36N2O6/c1-3-25(21-5-7-27-22(15-21)10-12-37-27)32(24-16-23(17-24)30(35)36)18-20-4-6-26(19(2)14-20)38-13-11-31-28(33)8-9-29(31)34/h4-9,14-15,23-25,33-34H,3,10-13,16-18H2,1-2H3,(H,35,36). The predicted octanol–water partition coefficient (Wildman–Crippen LogP) is 5.04. The van der Waals surface area contributed by atoms with E-state index in [1.807, 2.05) is 13.0 Å². The number of aliphatic carboxylic acids is 1. The summed E-state index contributed by atoms with van der Waals surface area (Å²) in [5.41, 5.74) is 4.65. The number of ether oxygens (including phenoxy) is 2. The van der Waals surface area contributed by atoms with Gasteiger partial charge in [-0.1, -0.05) is 31.2 Å². The van der Waals surface area contributed by atoms with E-state index < -0.39 is 5.97 Å². The third kappa shape index (κ3) is 5.31. The number of hydrogen-bond acceptors (Lipinski definition) is 6. The van der Waals surface area contributed by atoms with Crippen molar-refractivity contribution >= 4 is 5.97 Å². The Morgan fingerprint density at radius 2 is 1.89 bits per heavy atom. The molecule has 1 saturated carbocycles. The topological polar surface area (TPSA) is 104 Å². The molecule has 2 heterocycles. The summed E-state index contributed by atoms with van der Waals surface area (Å²) in [6, 6.07) is 15.9. The van der Waals surface area contributed by atoms with Crippen LogP contribution in [0.4, 0.5) is 0 Å². The van der Waals surface area contributed by atoms with Gasteiger partial charge in [-0.15, -0.1) is 0 Å². The third-order valence-electron chi connectivity index (χ3n) is 7.93. The Hall–Kier alpha value is -3.65. The van der Waals surface area contributed by atoms with Gasteiger partial charge in [-0.3, -0.25) is 14.3 Å². The average molecular weight is 521 g/mol. The molecule has 1 fully saturated rings. The maximum atomic E-state index is 11.6. The van der Waals surface area contributed by atoms with Crippen molar-refractivity contribution in [2.45, 2.75) is 64.7 Å². The van der Waals surface area contributed by atoms with E-state index in [4.69, 9.17) is 9.47 Å². The first kappa shape index (κ1) is 26.0. The molecule has 1 aromatic heterocycles. The van der Waals surface area contributed by atoms with Crippen LogP contribution >= 0.6 is 0 Å². The van der Waals surface area contributed by atoms with Gasteiger partial charge in [0.15, 0.2) is 11.8 Å². The Balaban J connectivity index is 1.31. The molecular formula is C30H36N2O6. The first-order valence-corrected chi connectivity index (χ1v) is 13.4. The van der Waals surface area contributed by atoms with Crippen molar-refractivity contribution in [3.05, 3.63) is 70.8 Å². The summed E-state index contributed by atoms with van der Waals surface area (Å²) >= 11 is 0. The first-order chi connectivity index (χ1) is 18.3. The van der Waals surface area contributed by atoms with Gasteiger partial charge in [-0.2, -0.15) is 0 Å². The number of aromatic hydroxyl groups is 2. The van der Waals surface area contributed by atoms with Crippen LogP contribution in [0.2, 0.25) is 0 Å². The minimum atomic E-state index is -0.706. The van der Waals surface area contributed by atoms with Gasteiger partial charge in [-0.25, -0.2) is 0 Å². The van der Waals surface area contributed by atoms with Crippen LogP contribution in [-0.4, -0.2) is 50.0 Å². The molecule has 5 rings (SSSR count). The molecule has 1 unspecified atom stereocenters. The summed E-state index contributed by atoms with van der Waals surface area (Å²) in [4.78, 5) is 14.0. The zero-order valence-electron chi connectivity index (χ0n) is 22.0. The molecule has 0 saturated heterocycles. The molecule has 0 bridgehead atoms. The fourth-order valence-electron chi connectivity index (χ4n) is 5.73. The van der Waals surface area contributed by atoms with E-state index in [2.05, 4.69) is 42.2 Å². The van der Waals surface area contributed by atoms with Gasteiger partial charge in [0, 0.05) is 37.2 Å². The lowest BCUT2D eigenvalue weighted by Crippen LogP contribution is -2.48. The summed E-state index contributed by atoms with van der Waals surface area (Å²) in [6.45, 7) is 6.28. The maximum Gasteiger partial charge on any atom is 0.306 e. The van der Waals surface area contributed by atoms with Crippen LogP contribution in [0, 0.1) is 12.8 Å². The van der Waals surface area contributed by atoms with Gasteiger partial charge in [-0.05, 0) is 60.6 Å². The molecule has 202 valence electrons. The SMILES string of the molecule is CCC(c1ccc2c(c1)CCO2)N(Cc1ccc(OCCn2c(O)ccc2O)c(C)c1)C1CC(C(=O)O)C1. The van der Waals surface area contributed by atoms with Gasteiger partial charge in [0.25, 0.3) is 0 Å². The van der Waals surface area contributed by atoms with Crippen molar-refractivity contribution in [1.29, 1.82) is 0 Å². The predicted molar refractivity (Wildman–Crippen MR) is 143 cm³/mol. The van der Waals surface area contributed by atoms with E-state index in [-0.39, 0.29) is 29.8 Å². The molecule has 2 aliphatic rings. The van der Waals surface area contributed by atoms with E-state index in [0.29, 0.717) is 26.0 Å². The molecule has 3 aromatic rings. The van der Waals surface area contributed by atoms with Crippen molar-refractivity contribution < 1.29 is 29.6 Å². The monoisotopic (exact) mass is 520 g/mol. The molecular weight excluding hydrogens is 484 g/mol. The van der Waals surface area contributed by atoms with Crippen molar-refractivity contribution in [2.75, 3.05) is 13.2 Å². The quantitative estimate of drug-likeness (QED) is 0.325. The summed E-state index contributed by atoms with van der Waals surface area (Å²) in [7, 11) is 0. The van der Waals surface area contributed by atoms with Crippen LogP contribution < -0.4 is 9.47 Å². The summed E-state index contributed by atoms with van der Waals surface area (Å²) in [6.07, 6.45) is 3.18. The number of aromatic nitrogens is 1. The van der Waals surface area contributed by atoms with E-state index >= 15 is 0 Å². The minimum Gasteiger partial charge on any atom is -0.494 e. The number of carboxylic acids is 1. The third-order valence-corrected chi connectivity index (χ3v) is 7.93. The highest BCUT2D eigenvalue weighted by molar-refractivity contribution is 5.71. The lowest BCUT2D eigenvalue weighted by atomic mass is 9.78. The van der Waals surface area contributed by atoms with Gasteiger partial charge >= 0.3 is 5.97 Å². The minimum absolute atomic E-state index is 0.000711. The summed E-state index contributed by atoms with van der Waals surface area (Å²) < 4.78 is 13.0. The van der Waals surface area contributed by atoms with Crippen LogP contribution in [0.15, 0.2) is 48.5 Å². The Labute approximate surface area is 223 Å².